The first-order valence-corrected chi connectivity index (χ1v) is 7.79. The third-order valence-corrected chi connectivity index (χ3v) is 3.92. The number of aliphatic carboxylic acids is 1. The first kappa shape index (κ1) is 18.7. The smallest absolute Gasteiger partial charge is 0.327 e. The number of nitriles is 1. The van der Waals surface area contributed by atoms with Crippen molar-refractivity contribution in [1.29, 1.82) is 5.26 Å². The summed E-state index contributed by atoms with van der Waals surface area (Å²) in [6, 6.07) is 15.4. The minimum Gasteiger partial charge on any atom is -0.497 e. The molecule has 2 aromatic rings. The van der Waals surface area contributed by atoms with Crippen molar-refractivity contribution in [2.24, 2.45) is 0 Å². The third kappa shape index (κ3) is 4.28. The van der Waals surface area contributed by atoms with E-state index in [1.807, 2.05) is 6.07 Å². The van der Waals surface area contributed by atoms with Crippen molar-refractivity contribution >= 4 is 11.9 Å². The zero-order valence-electron chi connectivity index (χ0n) is 14.2. The van der Waals surface area contributed by atoms with E-state index in [1.54, 1.807) is 54.6 Å². The van der Waals surface area contributed by atoms with Crippen LogP contribution < -0.4 is 10.1 Å². The van der Waals surface area contributed by atoms with Gasteiger partial charge in [-0.1, -0.05) is 36.9 Å². The fourth-order valence-electron chi connectivity index (χ4n) is 2.58. The van der Waals surface area contributed by atoms with Crippen molar-refractivity contribution in [3.8, 4) is 11.8 Å². The summed E-state index contributed by atoms with van der Waals surface area (Å²) in [4.78, 5) is 24.2. The van der Waals surface area contributed by atoms with Crippen LogP contribution in [0.4, 0.5) is 0 Å². The second-order valence-electron chi connectivity index (χ2n) is 5.54. The van der Waals surface area contributed by atoms with Crippen LogP contribution in [0.5, 0.6) is 5.75 Å². The molecule has 0 aliphatic carbocycles. The summed E-state index contributed by atoms with van der Waals surface area (Å²) in [6.45, 7) is 3.67. The van der Waals surface area contributed by atoms with Crippen LogP contribution in [0.1, 0.15) is 21.8 Å². The van der Waals surface area contributed by atoms with E-state index in [-0.39, 0.29) is 5.57 Å². The largest absolute Gasteiger partial charge is 0.497 e. The van der Waals surface area contributed by atoms with Gasteiger partial charge in [-0.3, -0.25) is 4.79 Å². The molecule has 0 saturated carbocycles. The molecule has 1 amide bonds. The van der Waals surface area contributed by atoms with Gasteiger partial charge in [0.1, 0.15) is 11.8 Å². The second-order valence-corrected chi connectivity index (χ2v) is 5.54. The number of nitrogens with zero attached hydrogens (tertiary/aromatic N) is 1. The zero-order chi connectivity index (χ0) is 19.1. The van der Waals surface area contributed by atoms with Gasteiger partial charge in [-0.25, -0.2) is 4.79 Å². The Morgan fingerprint density at radius 3 is 2.27 bits per heavy atom. The van der Waals surface area contributed by atoms with Gasteiger partial charge >= 0.3 is 5.97 Å². The Hall–Kier alpha value is -3.59. The van der Waals surface area contributed by atoms with Crippen molar-refractivity contribution in [1.82, 2.24) is 5.32 Å². The van der Waals surface area contributed by atoms with Crippen molar-refractivity contribution < 1.29 is 19.4 Å². The molecule has 0 spiro atoms. The van der Waals surface area contributed by atoms with E-state index < -0.39 is 23.8 Å². The molecule has 2 aromatic carbocycles. The molecule has 2 rings (SSSR count). The van der Waals surface area contributed by atoms with E-state index in [4.69, 9.17) is 4.74 Å². The molecule has 132 valence electrons. The standard InChI is InChI=1S/C20H18N2O4/c1-13(12-21)17(14-8-10-16(26-2)11-9-14)18(20(24)25)22-19(23)15-6-4-3-5-7-15/h3-11,17-18H,1H2,2H3,(H,22,23)(H,24,25)/t17-,18-/m1/s1. The van der Waals surface area contributed by atoms with Gasteiger partial charge in [0.15, 0.2) is 0 Å². The third-order valence-electron chi connectivity index (χ3n) is 3.92. The van der Waals surface area contributed by atoms with E-state index in [0.29, 0.717) is 16.9 Å². The summed E-state index contributed by atoms with van der Waals surface area (Å²) >= 11 is 0. The van der Waals surface area contributed by atoms with Gasteiger partial charge in [0.25, 0.3) is 5.91 Å². The molecule has 2 atom stereocenters. The topological polar surface area (TPSA) is 99.4 Å². The highest BCUT2D eigenvalue weighted by atomic mass is 16.5. The van der Waals surface area contributed by atoms with E-state index in [2.05, 4.69) is 11.9 Å². The normalized spacial score (nSPS) is 12.3. The van der Waals surface area contributed by atoms with Crippen LogP contribution in [-0.2, 0) is 4.79 Å². The van der Waals surface area contributed by atoms with Crippen LogP contribution in [0.3, 0.4) is 0 Å². The molecule has 0 radical (unpaired) electrons. The maximum absolute atomic E-state index is 12.4. The molecule has 6 heteroatoms. The maximum atomic E-state index is 12.4. The minimum absolute atomic E-state index is 0.0379. The van der Waals surface area contributed by atoms with Gasteiger partial charge in [0.05, 0.1) is 13.2 Å². The molecule has 0 bridgehead atoms. The van der Waals surface area contributed by atoms with Crippen LogP contribution in [0.25, 0.3) is 0 Å². The Labute approximate surface area is 151 Å². The number of ether oxygens (including phenoxy) is 1. The fraction of sp³-hybridized carbons (Fsp3) is 0.150. The lowest BCUT2D eigenvalue weighted by Gasteiger charge is -2.24. The SMILES string of the molecule is C=C(C#N)[C@H](c1ccc(OC)cc1)[C@@H](NC(=O)c1ccccc1)C(=O)O. The number of hydrogen-bond acceptors (Lipinski definition) is 4. The molecule has 0 fully saturated rings. The van der Waals surface area contributed by atoms with Crippen molar-refractivity contribution in [3.05, 3.63) is 77.9 Å². The van der Waals surface area contributed by atoms with Crippen LogP contribution in [0, 0.1) is 11.3 Å². The molecule has 0 aliphatic rings. The highest BCUT2D eigenvalue weighted by molar-refractivity contribution is 5.97. The Morgan fingerprint density at radius 2 is 1.77 bits per heavy atom. The second kappa shape index (κ2) is 8.49. The Bertz CT molecular complexity index is 838. The number of carbonyl (C=O) groups excluding carboxylic acids is 1. The van der Waals surface area contributed by atoms with Gasteiger partial charge in [0, 0.05) is 17.1 Å². The summed E-state index contributed by atoms with van der Waals surface area (Å²) in [6.07, 6.45) is 0. The van der Waals surface area contributed by atoms with Crippen LogP contribution in [0.15, 0.2) is 66.7 Å². The van der Waals surface area contributed by atoms with Crippen molar-refractivity contribution in [2.75, 3.05) is 7.11 Å². The summed E-state index contributed by atoms with van der Waals surface area (Å²) in [7, 11) is 1.51. The number of rotatable bonds is 7. The van der Waals surface area contributed by atoms with Crippen LogP contribution >= 0.6 is 0 Å². The summed E-state index contributed by atoms with van der Waals surface area (Å²) in [5.41, 5.74) is 0.906. The number of carbonyl (C=O) groups is 2. The summed E-state index contributed by atoms with van der Waals surface area (Å²) in [5, 5.41) is 21.4. The number of carboxylic acid groups (broad SMARTS) is 1. The molecule has 0 saturated heterocycles. The molecular formula is C20H18N2O4. The molecule has 0 aliphatic heterocycles. The average Bonchev–Trinajstić information content (AvgIpc) is 2.68. The van der Waals surface area contributed by atoms with Gasteiger partial charge in [-0.2, -0.15) is 5.26 Å². The van der Waals surface area contributed by atoms with Crippen molar-refractivity contribution in [2.45, 2.75) is 12.0 Å². The first-order chi connectivity index (χ1) is 12.5. The first-order valence-electron chi connectivity index (χ1n) is 7.79. The lowest BCUT2D eigenvalue weighted by molar-refractivity contribution is -0.139. The van der Waals surface area contributed by atoms with Gasteiger partial charge in [-0.15, -0.1) is 0 Å². The zero-order valence-corrected chi connectivity index (χ0v) is 14.2. The minimum atomic E-state index is -1.34. The highest BCUT2D eigenvalue weighted by Crippen LogP contribution is 2.29. The monoisotopic (exact) mass is 350 g/mol. The molecule has 0 unspecified atom stereocenters. The lowest BCUT2D eigenvalue weighted by Crippen LogP contribution is -2.45. The molecular weight excluding hydrogens is 332 g/mol. The molecule has 2 N–H and O–H groups in total. The number of amides is 1. The van der Waals surface area contributed by atoms with Crippen molar-refractivity contribution in [3.63, 3.8) is 0 Å². The maximum Gasteiger partial charge on any atom is 0.327 e. The Balaban J connectivity index is 2.38. The molecule has 0 heterocycles. The Morgan fingerprint density at radius 1 is 1.15 bits per heavy atom. The van der Waals surface area contributed by atoms with E-state index >= 15 is 0 Å². The molecule has 0 aromatic heterocycles. The quantitative estimate of drug-likeness (QED) is 0.748. The van der Waals surface area contributed by atoms with Gasteiger partial charge in [-0.05, 0) is 29.8 Å². The van der Waals surface area contributed by atoms with E-state index in [9.17, 15) is 20.0 Å². The predicted octanol–water partition coefficient (Wildman–Crippen LogP) is 2.74. The molecule has 6 nitrogen and oxygen atoms in total. The van der Waals surface area contributed by atoms with E-state index in [1.165, 1.54) is 7.11 Å². The number of carboxylic acids is 1. The highest BCUT2D eigenvalue weighted by Gasteiger charge is 2.33. The van der Waals surface area contributed by atoms with Crippen LogP contribution in [0.2, 0.25) is 0 Å². The summed E-state index contributed by atoms with van der Waals surface area (Å²) < 4.78 is 5.09. The average molecular weight is 350 g/mol. The van der Waals surface area contributed by atoms with Gasteiger partial charge < -0.3 is 15.2 Å². The number of nitrogens with one attached hydrogen (secondary N) is 1. The lowest BCUT2D eigenvalue weighted by atomic mass is 9.85. The number of hydrogen-bond donors (Lipinski definition) is 2. The number of methoxy groups -OCH3 is 1. The summed E-state index contributed by atoms with van der Waals surface area (Å²) in [5.74, 6) is -2.11. The van der Waals surface area contributed by atoms with Gasteiger partial charge in [0.2, 0.25) is 0 Å². The number of benzene rings is 2. The molecule has 26 heavy (non-hydrogen) atoms. The van der Waals surface area contributed by atoms with Crippen LogP contribution in [-0.4, -0.2) is 30.1 Å². The Kier molecular flexibility index (Phi) is 6.12. The predicted molar refractivity (Wildman–Crippen MR) is 95.8 cm³/mol. The fourth-order valence-corrected chi connectivity index (χ4v) is 2.58. The van der Waals surface area contributed by atoms with E-state index in [0.717, 1.165) is 0 Å².